The summed E-state index contributed by atoms with van der Waals surface area (Å²) >= 11 is 5.78. The highest BCUT2D eigenvalue weighted by Gasteiger charge is 2.17. The summed E-state index contributed by atoms with van der Waals surface area (Å²) in [4.78, 5) is 12.0. The average Bonchev–Trinajstić information content (AvgIpc) is 2.69. The van der Waals surface area contributed by atoms with Crippen molar-refractivity contribution in [2.45, 2.75) is 19.3 Å². The maximum absolute atomic E-state index is 12.0. The first-order valence-corrected chi connectivity index (χ1v) is 5.35. The molecule has 3 heteroatoms. The summed E-state index contributed by atoms with van der Waals surface area (Å²) < 4.78 is 0. The van der Waals surface area contributed by atoms with E-state index in [1.54, 1.807) is 18.2 Å². The first-order chi connectivity index (χ1) is 7.18. The van der Waals surface area contributed by atoms with Crippen molar-refractivity contribution in [3.8, 4) is 0 Å². The second-order valence-corrected chi connectivity index (χ2v) is 4.12. The van der Waals surface area contributed by atoms with Crippen molar-refractivity contribution in [3.63, 3.8) is 0 Å². The minimum Gasteiger partial charge on any atom is -0.398 e. The fourth-order valence-electron chi connectivity index (χ4n) is 1.79. The largest absolute Gasteiger partial charge is 0.398 e. The third kappa shape index (κ3) is 2.05. The van der Waals surface area contributed by atoms with E-state index in [0.29, 0.717) is 16.3 Å². The van der Waals surface area contributed by atoms with E-state index in [2.05, 4.69) is 0 Å². The van der Waals surface area contributed by atoms with Crippen LogP contribution in [0.25, 0.3) is 0 Å². The predicted molar refractivity (Wildman–Crippen MR) is 62.1 cm³/mol. The molecular weight excluding hydrogens is 210 g/mol. The Hall–Kier alpha value is -1.28. The summed E-state index contributed by atoms with van der Waals surface area (Å²) in [6, 6.07) is 5.00. The van der Waals surface area contributed by atoms with Gasteiger partial charge in [0.05, 0.1) is 0 Å². The van der Waals surface area contributed by atoms with Crippen molar-refractivity contribution in [3.05, 3.63) is 40.4 Å². The van der Waals surface area contributed by atoms with Crippen LogP contribution in [0, 0.1) is 0 Å². The van der Waals surface area contributed by atoms with Crippen LogP contribution in [0.5, 0.6) is 0 Å². The van der Waals surface area contributed by atoms with Crippen LogP contribution in [-0.4, -0.2) is 5.78 Å². The van der Waals surface area contributed by atoms with Crippen LogP contribution in [-0.2, 0) is 0 Å². The predicted octanol–water partition coefficient (Wildman–Crippen LogP) is 3.22. The van der Waals surface area contributed by atoms with Crippen LogP contribution in [0.2, 0.25) is 5.02 Å². The van der Waals surface area contributed by atoms with Gasteiger partial charge in [0, 0.05) is 16.3 Å². The van der Waals surface area contributed by atoms with Gasteiger partial charge in [0.15, 0.2) is 5.78 Å². The van der Waals surface area contributed by atoms with Crippen molar-refractivity contribution in [2.75, 3.05) is 5.73 Å². The first kappa shape index (κ1) is 10.2. The summed E-state index contributed by atoms with van der Waals surface area (Å²) in [7, 11) is 0. The lowest BCUT2D eigenvalue weighted by atomic mass is 10.0. The van der Waals surface area contributed by atoms with Gasteiger partial charge in [-0.3, -0.25) is 4.79 Å². The van der Waals surface area contributed by atoms with E-state index in [0.717, 1.165) is 24.8 Å². The molecule has 0 heterocycles. The average molecular weight is 222 g/mol. The molecule has 0 unspecified atom stereocenters. The van der Waals surface area contributed by atoms with Crippen LogP contribution in [0.3, 0.4) is 0 Å². The van der Waals surface area contributed by atoms with Gasteiger partial charge >= 0.3 is 0 Å². The normalized spacial score (nSPS) is 15.1. The number of allylic oxidation sites excluding steroid dienone is 2. The lowest BCUT2D eigenvalue weighted by Crippen LogP contribution is -2.05. The highest BCUT2D eigenvalue weighted by molar-refractivity contribution is 6.31. The molecule has 1 aromatic carbocycles. The molecule has 1 aliphatic carbocycles. The van der Waals surface area contributed by atoms with Crippen molar-refractivity contribution in [1.82, 2.24) is 0 Å². The summed E-state index contributed by atoms with van der Waals surface area (Å²) in [5, 5.41) is 0.560. The molecule has 0 saturated carbocycles. The van der Waals surface area contributed by atoms with E-state index in [4.69, 9.17) is 17.3 Å². The Morgan fingerprint density at radius 2 is 2.20 bits per heavy atom. The highest BCUT2D eigenvalue weighted by atomic mass is 35.5. The summed E-state index contributed by atoms with van der Waals surface area (Å²) in [6.07, 6.45) is 4.92. The number of hydrogen-bond acceptors (Lipinski definition) is 2. The highest BCUT2D eigenvalue weighted by Crippen LogP contribution is 2.25. The molecule has 0 spiro atoms. The Morgan fingerprint density at radius 3 is 2.80 bits per heavy atom. The molecule has 0 atom stereocenters. The van der Waals surface area contributed by atoms with Crippen LogP contribution in [0.4, 0.5) is 5.69 Å². The van der Waals surface area contributed by atoms with Crippen molar-refractivity contribution >= 4 is 23.1 Å². The summed E-state index contributed by atoms with van der Waals surface area (Å²) in [5.74, 6) is 0.0432. The Balaban J connectivity index is 2.33. The van der Waals surface area contributed by atoms with E-state index < -0.39 is 0 Å². The number of nitrogen functional groups attached to an aromatic ring is 1. The molecule has 2 N–H and O–H groups in total. The van der Waals surface area contributed by atoms with Crippen molar-refractivity contribution in [1.29, 1.82) is 0 Å². The van der Waals surface area contributed by atoms with E-state index in [9.17, 15) is 4.79 Å². The van der Waals surface area contributed by atoms with Crippen LogP contribution < -0.4 is 5.73 Å². The van der Waals surface area contributed by atoms with Gasteiger partial charge in [-0.15, -0.1) is 0 Å². The fraction of sp³-hybridized carbons (Fsp3) is 0.250. The minimum atomic E-state index is 0.0432. The summed E-state index contributed by atoms with van der Waals surface area (Å²) in [6.45, 7) is 0. The molecule has 2 rings (SSSR count). The molecule has 0 fully saturated rings. The number of carbonyl (C=O) groups excluding carboxylic acids is 1. The third-order valence-corrected chi connectivity index (χ3v) is 2.83. The molecule has 78 valence electrons. The number of halogens is 1. The smallest absolute Gasteiger partial charge is 0.190 e. The topological polar surface area (TPSA) is 43.1 Å². The van der Waals surface area contributed by atoms with Gasteiger partial charge in [-0.05, 0) is 43.0 Å². The van der Waals surface area contributed by atoms with Crippen molar-refractivity contribution in [2.24, 2.45) is 0 Å². The van der Waals surface area contributed by atoms with Crippen LogP contribution in [0.15, 0.2) is 29.8 Å². The molecule has 15 heavy (non-hydrogen) atoms. The zero-order valence-corrected chi connectivity index (χ0v) is 9.05. The van der Waals surface area contributed by atoms with Gasteiger partial charge in [-0.25, -0.2) is 0 Å². The minimum absolute atomic E-state index is 0.0432. The van der Waals surface area contributed by atoms with E-state index in [-0.39, 0.29) is 5.78 Å². The lowest BCUT2D eigenvalue weighted by Gasteiger charge is -2.05. The zero-order valence-electron chi connectivity index (χ0n) is 8.29. The number of ketones is 1. The number of anilines is 1. The maximum atomic E-state index is 12.0. The number of hydrogen-bond donors (Lipinski definition) is 1. The number of rotatable bonds is 2. The molecular formula is C12H12ClNO. The maximum Gasteiger partial charge on any atom is 0.190 e. The van der Waals surface area contributed by atoms with Crippen molar-refractivity contribution < 1.29 is 4.79 Å². The monoisotopic (exact) mass is 221 g/mol. The lowest BCUT2D eigenvalue weighted by molar-refractivity contribution is 0.103. The number of carbonyl (C=O) groups is 1. The quantitative estimate of drug-likeness (QED) is 0.616. The van der Waals surface area contributed by atoms with E-state index >= 15 is 0 Å². The van der Waals surface area contributed by atoms with Crippen LogP contribution in [0.1, 0.15) is 29.6 Å². The summed E-state index contributed by atoms with van der Waals surface area (Å²) in [5.41, 5.74) is 7.66. The standard InChI is InChI=1S/C12H12ClNO/c13-9-5-6-10(11(14)7-9)12(15)8-3-1-2-4-8/h3,5-7H,1-2,4,14H2. The van der Waals surface area contributed by atoms with Gasteiger partial charge < -0.3 is 5.73 Å². The molecule has 1 aliphatic rings. The molecule has 0 bridgehead atoms. The molecule has 0 radical (unpaired) electrons. The molecule has 0 aliphatic heterocycles. The molecule has 0 saturated heterocycles. The molecule has 0 amide bonds. The number of Topliss-reactive ketones (excluding diaryl/α,β-unsaturated/α-hetero) is 1. The Bertz CT molecular complexity index is 437. The van der Waals surface area contributed by atoms with Gasteiger partial charge in [0.1, 0.15) is 0 Å². The van der Waals surface area contributed by atoms with Gasteiger partial charge in [-0.2, -0.15) is 0 Å². The van der Waals surface area contributed by atoms with Gasteiger partial charge in [-0.1, -0.05) is 17.7 Å². The number of benzene rings is 1. The second kappa shape index (κ2) is 4.07. The first-order valence-electron chi connectivity index (χ1n) is 4.97. The fourth-order valence-corrected chi connectivity index (χ4v) is 1.97. The van der Waals surface area contributed by atoms with E-state index in [1.165, 1.54) is 0 Å². The Labute approximate surface area is 93.7 Å². The number of nitrogens with two attached hydrogens (primary N) is 1. The second-order valence-electron chi connectivity index (χ2n) is 3.68. The molecule has 1 aromatic rings. The molecule has 2 nitrogen and oxygen atoms in total. The molecule has 0 aromatic heterocycles. The Kier molecular flexibility index (Phi) is 2.78. The van der Waals surface area contributed by atoms with E-state index in [1.807, 2.05) is 6.08 Å². The van der Waals surface area contributed by atoms with Gasteiger partial charge in [0.25, 0.3) is 0 Å². The zero-order chi connectivity index (χ0) is 10.8. The SMILES string of the molecule is Nc1cc(Cl)ccc1C(=O)C1=CCCC1. The third-order valence-electron chi connectivity index (χ3n) is 2.59. The van der Waals surface area contributed by atoms with Crippen LogP contribution >= 0.6 is 11.6 Å². The van der Waals surface area contributed by atoms with Gasteiger partial charge in [0.2, 0.25) is 0 Å². The Morgan fingerprint density at radius 1 is 1.40 bits per heavy atom.